The number of hydrogen-bond acceptors (Lipinski definition) is 10. The second-order valence-electron chi connectivity index (χ2n) is 11.8. The summed E-state index contributed by atoms with van der Waals surface area (Å²) in [4.78, 5) is 18.8. The minimum atomic E-state index is -3.51. The van der Waals surface area contributed by atoms with Crippen LogP contribution in [-0.4, -0.2) is 83.7 Å². The number of halogens is 4. The van der Waals surface area contributed by atoms with Crippen molar-refractivity contribution in [2.75, 3.05) is 52.3 Å². The fraction of sp³-hybridized carbons (Fsp3) is 0.455. The molecule has 0 amide bonds. The molecule has 2 aromatic carbocycles. The number of nitrogens with one attached hydrogen (secondary N) is 2. The molecule has 50 heavy (non-hydrogen) atoms. The molecular formula is C33H39Cl2F2N3O9S. The zero-order valence-electron chi connectivity index (χ0n) is 27.2. The third kappa shape index (κ3) is 11.9. The number of esters is 1. The highest BCUT2D eigenvalue weighted by atomic mass is 35.5. The number of hydrogen-bond donors (Lipinski definition) is 1. The van der Waals surface area contributed by atoms with E-state index in [1.807, 2.05) is 0 Å². The highest BCUT2D eigenvalue weighted by molar-refractivity contribution is 7.88. The lowest BCUT2D eigenvalue weighted by Crippen LogP contribution is -2.38. The summed E-state index contributed by atoms with van der Waals surface area (Å²) in [5.74, 6) is -0.149. The van der Waals surface area contributed by atoms with Crippen molar-refractivity contribution < 1.29 is 56.1 Å². The van der Waals surface area contributed by atoms with Crippen LogP contribution < -0.4 is 23.9 Å². The third-order valence-corrected chi connectivity index (χ3v) is 9.30. The number of ether oxygens (including phenoxy) is 5. The van der Waals surface area contributed by atoms with Crippen molar-refractivity contribution in [2.45, 2.75) is 38.5 Å². The van der Waals surface area contributed by atoms with Gasteiger partial charge in [0.25, 0.3) is 0 Å². The molecule has 0 spiro atoms. The van der Waals surface area contributed by atoms with Crippen molar-refractivity contribution in [2.24, 2.45) is 5.92 Å². The van der Waals surface area contributed by atoms with E-state index < -0.39 is 28.7 Å². The number of carbonyl (C=O) groups excluding carboxylic acids is 1. The SMILES string of the molecule is CS(=O)(=O)NCc1ccc(C(=O)O[C@@H](Cc2c(Cl)c[nH+]cc2Cl)c2ccc(OC(F)F)c(OCC3CC3)c2)cc1OCCN1CCOCC1.[OH-]. The Hall–Kier alpha value is -3.31. The minimum Gasteiger partial charge on any atom is -0.870 e. The predicted octanol–water partition coefficient (Wildman–Crippen LogP) is 4.92. The molecule has 2 heterocycles. The minimum absolute atomic E-state index is 0. The van der Waals surface area contributed by atoms with E-state index in [1.54, 1.807) is 6.07 Å². The molecule has 1 saturated heterocycles. The van der Waals surface area contributed by atoms with Gasteiger partial charge in [0.2, 0.25) is 10.0 Å². The summed E-state index contributed by atoms with van der Waals surface area (Å²) >= 11 is 12.9. The molecular weight excluding hydrogens is 723 g/mol. The number of nitrogens with zero attached hydrogens (tertiary/aromatic N) is 1. The van der Waals surface area contributed by atoms with E-state index in [0.29, 0.717) is 64.8 Å². The van der Waals surface area contributed by atoms with Crippen LogP contribution in [0.4, 0.5) is 8.78 Å². The van der Waals surface area contributed by atoms with Crippen molar-refractivity contribution in [3.05, 3.63) is 81.1 Å². The Balaban J connectivity index is 0.00000562. The van der Waals surface area contributed by atoms with Crippen LogP contribution in [0.5, 0.6) is 17.2 Å². The average Bonchev–Trinajstić information content (AvgIpc) is 3.89. The van der Waals surface area contributed by atoms with E-state index in [9.17, 15) is 22.0 Å². The van der Waals surface area contributed by atoms with Gasteiger partial charge in [0.15, 0.2) is 23.9 Å². The number of rotatable bonds is 17. The molecule has 3 N–H and O–H groups in total. The van der Waals surface area contributed by atoms with Crippen molar-refractivity contribution in [1.82, 2.24) is 9.62 Å². The molecule has 1 atom stereocenters. The van der Waals surface area contributed by atoms with Crippen molar-refractivity contribution in [3.8, 4) is 17.2 Å². The number of benzene rings is 2. The summed E-state index contributed by atoms with van der Waals surface area (Å²) in [7, 11) is -3.51. The van der Waals surface area contributed by atoms with Crippen LogP contribution in [0.1, 0.15) is 46.0 Å². The van der Waals surface area contributed by atoms with Crippen LogP contribution in [0.15, 0.2) is 48.8 Å². The molecule has 274 valence electrons. The number of aromatic nitrogens is 1. The van der Waals surface area contributed by atoms with E-state index in [-0.39, 0.29) is 42.1 Å². The first-order valence-corrected chi connectivity index (χ1v) is 18.4. The van der Waals surface area contributed by atoms with Gasteiger partial charge in [-0.2, -0.15) is 8.78 Å². The Labute approximate surface area is 299 Å². The fourth-order valence-corrected chi connectivity index (χ4v) is 6.03. The lowest BCUT2D eigenvalue weighted by Gasteiger charge is -2.26. The monoisotopic (exact) mass is 761 g/mol. The average molecular weight is 763 g/mol. The number of morpholine rings is 1. The summed E-state index contributed by atoms with van der Waals surface area (Å²) < 4.78 is 80.6. The Morgan fingerprint density at radius 2 is 1.76 bits per heavy atom. The molecule has 1 saturated carbocycles. The van der Waals surface area contributed by atoms with E-state index in [1.165, 1.54) is 42.7 Å². The van der Waals surface area contributed by atoms with Gasteiger partial charge in [0, 0.05) is 43.7 Å². The second kappa shape index (κ2) is 18.3. The Bertz CT molecular complexity index is 1690. The summed E-state index contributed by atoms with van der Waals surface area (Å²) in [5, 5.41) is 0.602. The van der Waals surface area contributed by atoms with Crippen molar-refractivity contribution in [1.29, 1.82) is 0 Å². The van der Waals surface area contributed by atoms with E-state index in [2.05, 4.69) is 14.6 Å². The Kier molecular flexibility index (Phi) is 14.4. The predicted molar refractivity (Wildman–Crippen MR) is 179 cm³/mol. The Morgan fingerprint density at radius 1 is 1.04 bits per heavy atom. The number of pyridine rings is 1. The molecule has 3 aromatic rings. The normalized spacial score (nSPS) is 15.6. The van der Waals surface area contributed by atoms with Gasteiger partial charge in [0.1, 0.15) is 28.5 Å². The zero-order valence-corrected chi connectivity index (χ0v) is 29.5. The van der Waals surface area contributed by atoms with Crippen LogP contribution >= 0.6 is 23.2 Å². The van der Waals surface area contributed by atoms with Crippen LogP contribution in [0.25, 0.3) is 0 Å². The van der Waals surface area contributed by atoms with Gasteiger partial charge in [-0.3, -0.25) is 4.90 Å². The maximum atomic E-state index is 13.8. The van der Waals surface area contributed by atoms with Gasteiger partial charge < -0.3 is 29.2 Å². The smallest absolute Gasteiger partial charge is 0.387 e. The summed E-state index contributed by atoms with van der Waals surface area (Å²) in [6.45, 7) is 0.862. The first-order chi connectivity index (χ1) is 23.4. The molecule has 1 aliphatic heterocycles. The molecule has 0 radical (unpaired) electrons. The Morgan fingerprint density at radius 3 is 2.42 bits per heavy atom. The molecule has 2 fully saturated rings. The third-order valence-electron chi connectivity index (χ3n) is 7.96. The number of carbonyl (C=O) groups is 1. The molecule has 17 heteroatoms. The number of aromatic amines is 1. The standard InChI is InChI=1S/C33H37Cl2F2N3O8S.H2O/c1-49(42,43)39-17-24-5-4-23(15-29(24)45-13-10-40-8-11-44-12-9-40)32(41)47-30(16-25-26(34)18-38-19-27(25)35)22-6-7-28(48-33(36)37)31(14-22)46-20-21-2-3-21;/h4-7,14-15,18-19,21,30,33,39H,2-3,8-13,16-17,20H2,1H3;1H2/t30-;/m0./s1. The molecule has 0 unspecified atom stereocenters. The lowest BCUT2D eigenvalue weighted by molar-refractivity contribution is -0.377. The van der Waals surface area contributed by atoms with E-state index in [4.69, 9.17) is 46.9 Å². The molecule has 5 rings (SSSR count). The maximum Gasteiger partial charge on any atom is 0.387 e. The molecule has 12 nitrogen and oxygen atoms in total. The topological polar surface area (TPSA) is 157 Å². The quantitative estimate of drug-likeness (QED) is 0.187. The maximum absolute atomic E-state index is 13.8. The van der Waals surface area contributed by atoms with Gasteiger partial charge in [-0.25, -0.2) is 22.9 Å². The highest BCUT2D eigenvalue weighted by Crippen LogP contribution is 2.38. The molecule has 1 aromatic heterocycles. The largest absolute Gasteiger partial charge is 0.870 e. The molecule has 2 aliphatic rings. The van der Waals surface area contributed by atoms with Crippen LogP contribution in [-0.2, 0) is 32.5 Å². The number of H-pyrrole nitrogens is 1. The highest BCUT2D eigenvalue weighted by Gasteiger charge is 2.27. The zero-order chi connectivity index (χ0) is 35.0. The van der Waals surface area contributed by atoms with E-state index >= 15 is 0 Å². The van der Waals surface area contributed by atoms with E-state index in [0.717, 1.165) is 32.2 Å². The van der Waals surface area contributed by atoms with Crippen LogP contribution in [0.2, 0.25) is 10.0 Å². The van der Waals surface area contributed by atoms with Gasteiger partial charge in [-0.1, -0.05) is 35.3 Å². The van der Waals surface area contributed by atoms with Gasteiger partial charge in [-0.15, -0.1) is 0 Å². The number of alkyl halides is 2. The number of sulfonamides is 1. The van der Waals surface area contributed by atoms with Gasteiger partial charge in [-0.05, 0) is 48.6 Å². The van der Waals surface area contributed by atoms with Crippen LogP contribution in [0.3, 0.4) is 0 Å². The molecule has 1 aliphatic carbocycles. The summed E-state index contributed by atoms with van der Waals surface area (Å²) in [5.41, 5.74) is 1.57. The lowest BCUT2D eigenvalue weighted by atomic mass is 10.0. The first-order valence-electron chi connectivity index (χ1n) is 15.7. The van der Waals surface area contributed by atoms with Crippen molar-refractivity contribution >= 4 is 39.2 Å². The fourth-order valence-electron chi connectivity index (χ4n) is 5.08. The van der Waals surface area contributed by atoms with Gasteiger partial charge >= 0.3 is 12.6 Å². The second-order valence-corrected chi connectivity index (χ2v) is 14.4. The first kappa shape index (κ1) is 39.5. The van der Waals surface area contributed by atoms with Gasteiger partial charge in [0.05, 0.1) is 31.6 Å². The summed E-state index contributed by atoms with van der Waals surface area (Å²) in [6.07, 6.45) is 5.13. The van der Waals surface area contributed by atoms with Crippen LogP contribution in [0, 0.1) is 5.92 Å². The summed E-state index contributed by atoms with van der Waals surface area (Å²) in [6, 6.07) is 8.96. The van der Waals surface area contributed by atoms with Crippen molar-refractivity contribution in [3.63, 3.8) is 0 Å². The molecule has 0 bridgehead atoms.